The number of ketones is 1. The molecule has 2 aromatic carbocycles. The van der Waals surface area contributed by atoms with Gasteiger partial charge in [-0.25, -0.2) is 4.39 Å². The Morgan fingerprint density at radius 3 is 2.36 bits per heavy atom. The molecule has 3 aliphatic rings. The minimum Gasteiger partial charge on any atom is -0.309 e. The number of amides is 1. The molecule has 1 amide bonds. The zero-order valence-electron chi connectivity index (χ0n) is 21.6. The van der Waals surface area contributed by atoms with Crippen LogP contribution in [0.25, 0.3) is 5.82 Å². The second-order valence-electron chi connectivity index (χ2n) is 10.8. The Morgan fingerprint density at radius 1 is 1.00 bits per heavy atom. The summed E-state index contributed by atoms with van der Waals surface area (Å²) in [5, 5.41) is 10.9. The number of anilines is 2. The number of nitriles is 1. The van der Waals surface area contributed by atoms with E-state index in [9.17, 15) is 19.2 Å². The van der Waals surface area contributed by atoms with Gasteiger partial charge in [0.05, 0.1) is 12.1 Å². The van der Waals surface area contributed by atoms with Crippen molar-refractivity contribution in [2.75, 3.05) is 16.3 Å². The van der Waals surface area contributed by atoms with Gasteiger partial charge in [0.15, 0.2) is 5.78 Å². The fraction of sp³-hybridized carbons (Fsp3) is 0.219. The number of fused-ring (bicyclic) bond motifs is 3. The normalized spacial score (nSPS) is 21.7. The van der Waals surface area contributed by atoms with Crippen LogP contribution in [0.15, 0.2) is 89.9 Å². The lowest BCUT2D eigenvalue weighted by Crippen LogP contribution is -2.53. The minimum atomic E-state index is -1.67. The van der Waals surface area contributed by atoms with E-state index in [1.165, 1.54) is 17.0 Å². The van der Waals surface area contributed by atoms with Crippen LogP contribution in [0.1, 0.15) is 32.3 Å². The van der Waals surface area contributed by atoms with Crippen molar-refractivity contribution in [1.82, 2.24) is 4.57 Å². The predicted molar refractivity (Wildman–Crippen MR) is 146 cm³/mol. The van der Waals surface area contributed by atoms with Crippen molar-refractivity contribution in [1.29, 1.82) is 5.26 Å². The fourth-order valence-electron chi connectivity index (χ4n) is 6.34. The number of rotatable bonds is 3. The zero-order chi connectivity index (χ0) is 27.5. The van der Waals surface area contributed by atoms with Gasteiger partial charge >= 0.3 is 0 Å². The van der Waals surface area contributed by atoms with Gasteiger partial charge in [-0.3, -0.25) is 19.4 Å². The summed E-state index contributed by atoms with van der Waals surface area (Å²) in [5.41, 5.74) is 0.673. The Bertz CT molecular complexity index is 1680. The first-order valence-electron chi connectivity index (χ1n) is 12.7. The van der Waals surface area contributed by atoms with Crippen LogP contribution in [0.3, 0.4) is 0 Å². The van der Waals surface area contributed by atoms with Crippen molar-refractivity contribution in [3.05, 3.63) is 101 Å². The molecule has 2 aliphatic heterocycles. The van der Waals surface area contributed by atoms with Gasteiger partial charge in [0.2, 0.25) is 5.91 Å². The molecule has 0 bridgehead atoms. The van der Waals surface area contributed by atoms with Crippen LogP contribution in [-0.4, -0.2) is 22.8 Å². The number of carbonyl (C=O) groups is 2. The number of hydrogen-bond donors (Lipinski definition) is 0. The lowest BCUT2D eigenvalue weighted by atomic mass is 9.60. The lowest BCUT2D eigenvalue weighted by Gasteiger charge is -2.47. The minimum absolute atomic E-state index is 0.000861. The van der Waals surface area contributed by atoms with Crippen LogP contribution in [0.4, 0.5) is 15.8 Å². The van der Waals surface area contributed by atoms with E-state index in [-0.39, 0.29) is 29.9 Å². The largest absolute Gasteiger partial charge is 0.309 e. The predicted octanol–water partition coefficient (Wildman–Crippen LogP) is 5.40. The van der Waals surface area contributed by atoms with E-state index >= 15 is 0 Å². The highest BCUT2D eigenvalue weighted by atomic mass is 19.1. The van der Waals surface area contributed by atoms with E-state index in [1.807, 2.05) is 36.9 Å². The SMILES string of the molecule is C#CCN1C(=O)[C@@]2(C(C#N)=C(n3cccc3)N(c3ccc(F)cc3)C3=C2C(=O)CC(C)(C)C3)c2ccccc21. The molecular weight excluding hydrogens is 491 g/mol. The molecule has 6 rings (SSSR count). The number of halogens is 1. The Labute approximate surface area is 226 Å². The number of hydrogen-bond acceptors (Lipinski definition) is 4. The van der Waals surface area contributed by atoms with Gasteiger partial charge < -0.3 is 4.57 Å². The number of nitrogens with zero attached hydrogens (tertiary/aromatic N) is 4. The topological polar surface area (TPSA) is 69.3 Å². The summed E-state index contributed by atoms with van der Waals surface area (Å²) in [7, 11) is 0. The monoisotopic (exact) mass is 516 g/mol. The first-order valence-corrected chi connectivity index (χ1v) is 12.7. The number of Topliss-reactive ketones (excluding diaryl/α,β-unsaturated/α-hetero) is 1. The summed E-state index contributed by atoms with van der Waals surface area (Å²) in [4.78, 5) is 32.2. The third-order valence-corrected chi connectivity index (χ3v) is 7.77. The summed E-state index contributed by atoms with van der Waals surface area (Å²) >= 11 is 0. The van der Waals surface area contributed by atoms with Crippen LogP contribution in [0.2, 0.25) is 0 Å². The molecule has 3 aromatic rings. The van der Waals surface area contributed by atoms with Gasteiger partial charge in [-0.15, -0.1) is 6.42 Å². The van der Waals surface area contributed by atoms with Gasteiger partial charge in [0.25, 0.3) is 0 Å². The molecule has 1 spiro atoms. The number of carbonyl (C=O) groups excluding carboxylic acids is 2. The van der Waals surface area contributed by atoms with E-state index in [1.54, 1.807) is 47.3 Å². The Morgan fingerprint density at radius 2 is 1.69 bits per heavy atom. The second kappa shape index (κ2) is 8.58. The van der Waals surface area contributed by atoms with Gasteiger partial charge in [-0.2, -0.15) is 5.26 Å². The Hall–Kier alpha value is -4.88. The molecule has 1 aliphatic carbocycles. The quantitative estimate of drug-likeness (QED) is 0.437. The molecule has 0 saturated heterocycles. The first kappa shape index (κ1) is 24.5. The summed E-state index contributed by atoms with van der Waals surface area (Å²) < 4.78 is 15.8. The molecule has 1 atom stereocenters. The maximum Gasteiger partial charge on any atom is 0.248 e. The number of allylic oxidation sites excluding steroid dienone is 1. The highest BCUT2D eigenvalue weighted by Gasteiger charge is 2.63. The van der Waals surface area contributed by atoms with Crippen molar-refractivity contribution in [2.45, 2.75) is 32.1 Å². The molecule has 192 valence electrons. The van der Waals surface area contributed by atoms with Gasteiger partial charge in [0, 0.05) is 47.0 Å². The summed E-state index contributed by atoms with van der Waals surface area (Å²) in [5.74, 6) is 1.97. The molecule has 0 radical (unpaired) electrons. The highest BCUT2D eigenvalue weighted by molar-refractivity contribution is 6.22. The van der Waals surface area contributed by atoms with Gasteiger partial charge in [-0.1, -0.05) is 38.0 Å². The molecule has 39 heavy (non-hydrogen) atoms. The maximum absolute atomic E-state index is 14.6. The van der Waals surface area contributed by atoms with E-state index in [4.69, 9.17) is 6.42 Å². The molecule has 0 fully saturated rings. The summed E-state index contributed by atoms with van der Waals surface area (Å²) in [6, 6.07) is 19.2. The van der Waals surface area contributed by atoms with Crippen molar-refractivity contribution in [2.24, 2.45) is 5.41 Å². The molecule has 0 saturated carbocycles. The number of para-hydroxylation sites is 1. The third-order valence-electron chi connectivity index (χ3n) is 7.77. The van der Waals surface area contributed by atoms with Crippen LogP contribution < -0.4 is 9.80 Å². The van der Waals surface area contributed by atoms with Crippen molar-refractivity contribution >= 4 is 28.9 Å². The molecule has 1 aromatic heterocycles. The Balaban J connectivity index is 1.80. The van der Waals surface area contributed by atoms with E-state index in [0.29, 0.717) is 34.9 Å². The van der Waals surface area contributed by atoms with Crippen LogP contribution in [0.5, 0.6) is 0 Å². The van der Waals surface area contributed by atoms with E-state index < -0.39 is 22.6 Å². The highest BCUT2D eigenvalue weighted by Crippen LogP contribution is 2.59. The van der Waals surface area contributed by atoms with Crippen LogP contribution >= 0.6 is 0 Å². The van der Waals surface area contributed by atoms with Crippen molar-refractivity contribution in [3.8, 4) is 18.4 Å². The van der Waals surface area contributed by atoms with Gasteiger partial charge in [-0.05, 0) is 54.3 Å². The van der Waals surface area contributed by atoms with Crippen LogP contribution in [-0.2, 0) is 15.0 Å². The molecule has 6 nitrogen and oxygen atoms in total. The Kier molecular flexibility index (Phi) is 5.38. The molecule has 0 unspecified atom stereocenters. The summed E-state index contributed by atoms with van der Waals surface area (Å²) in [6.45, 7) is 4.02. The van der Waals surface area contributed by atoms with Crippen molar-refractivity contribution < 1.29 is 14.0 Å². The fourth-order valence-corrected chi connectivity index (χ4v) is 6.34. The van der Waals surface area contributed by atoms with Gasteiger partial charge in [0.1, 0.15) is 23.1 Å². The standard InChI is InChI=1S/C32H25FN4O2/c1-4-15-36-25-10-6-5-9-23(25)32(30(36)39)24(20-34)29(35-16-7-8-17-35)37(22-13-11-21(33)12-14-22)26-18-31(2,3)19-27(38)28(26)32/h1,5-14,16-17H,15,18-19H2,2-3H3/t32-/m1/s1. The third kappa shape index (κ3) is 3.33. The number of aromatic nitrogens is 1. The summed E-state index contributed by atoms with van der Waals surface area (Å²) in [6.07, 6.45) is 9.94. The lowest BCUT2D eigenvalue weighted by molar-refractivity contribution is -0.124. The van der Waals surface area contributed by atoms with E-state index in [2.05, 4.69) is 12.0 Å². The molecule has 3 heterocycles. The van der Waals surface area contributed by atoms with E-state index in [0.717, 1.165) is 0 Å². The smallest absolute Gasteiger partial charge is 0.248 e. The zero-order valence-corrected chi connectivity index (χ0v) is 21.6. The average Bonchev–Trinajstić information content (AvgIpc) is 3.51. The first-order chi connectivity index (χ1) is 18.7. The maximum atomic E-state index is 14.6. The van der Waals surface area contributed by atoms with Crippen LogP contribution in [0, 0.1) is 34.9 Å². The molecular formula is C32H25FN4O2. The number of terminal acetylenes is 1. The average molecular weight is 517 g/mol. The van der Waals surface area contributed by atoms with Crippen molar-refractivity contribution in [3.63, 3.8) is 0 Å². The molecule has 7 heteroatoms. The number of benzene rings is 2. The second-order valence-corrected chi connectivity index (χ2v) is 10.8. The molecule has 0 N–H and O–H groups in total.